The maximum atomic E-state index is 11.7. The summed E-state index contributed by atoms with van der Waals surface area (Å²) >= 11 is 0. The van der Waals surface area contributed by atoms with Crippen molar-refractivity contribution in [2.24, 2.45) is 0 Å². The smallest absolute Gasteiger partial charge is 0.315 e. The number of unbranched alkanes of at least 4 members (excludes halogenated alkanes) is 1. The van der Waals surface area contributed by atoms with E-state index in [1.54, 1.807) is 0 Å². The number of carbonyl (C=O) groups excluding carboxylic acids is 1. The Morgan fingerprint density at radius 3 is 2.60 bits per heavy atom. The van der Waals surface area contributed by atoms with E-state index >= 15 is 0 Å². The Bertz CT molecular complexity index is 460. The molecule has 0 heterocycles. The van der Waals surface area contributed by atoms with Gasteiger partial charge in [-0.2, -0.15) is 0 Å². The first-order valence-electron chi connectivity index (χ1n) is 6.82. The van der Waals surface area contributed by atoms with Crippen molar-refractivity contribution in [2.75, 3.05) is 6.54 Å². The predicted octanol–water partition coefficient (Wildman–Crippen LogP) is 2.61. The number of amides is 2. The molecule has 20 heavy (non-hydrogen) atoms. The van der Waals surface area contributed by atoms with Gasteiger partial charge in [-0.05, 0) is 37.8 Å². The van der Waals surface area contributed by atoms with E-state index in [9.17, 15) is 9.59 Å². The van der Waals surface area contributed by atoms with Crippen LogP contribution in [0.3, 0.4) is 0 Å². The van der Waals surface area contributed by atoms with E-state index in [1.165, 1.54) is 0 Å². The molecule has 1 rings (SSSR count). The minimum atomic E-state index is -0.803. The molecule has 0 fully saturated rings. The van der Waals surface area contributed by atoms with Crippen LogP contribution in [0.25, 0.3) is 0 Å². The first-order valence-corrected chi connectivity index (χ1v) is 6.82. The molecular weight excluding hydrogens is 256 g/mol. The molecule has 0 radical (unpaired) electrons. The van der Waals surface area contributed by atoms with E-state index in [0.717, 1.165) is 11.1 Å². The second-order valence-corrected chi connectivity index (χ2v) is 4.83. The minimum absolute atomic E-state index is 0.0600. The fraction of sp³-hybridized carbons (Fsp3) is 0.467. The molecule has 0 aliphatic heterocycles. The third-order valence-electron chi connectivity index (χ3n) is 3.11. The first-order chi connectivity index (χ1) is 9.50. The monoisotopic (exact) mass is 278 g/mol. The summed E-state index contributed by atoms with van der Waals surface area (Å²) in [5.41, 5.74) is 2.23. The summed E-state index contributed by atoms with van der Waals surface area (Å²) in [5, 5.41) is 14.1. The Morgan fingerprint density at radius 2 is 1.95 bits per heavy atom. The number of urea groups is 1. The summed E-state index contributed by atoms with van der Waals surface area (Å²) in [5.74, 6) is -0.803. The molecule has 1 aromatic rings. The summed E-state index contributed by atoms with van der Waals surface area (Å²) in [7, 11) is 0. The Morgan fingerprint density at radius 1 is 1.25 bits per heavy atom. The normalized spacial score (nSPS) is 11.7. The van der Waals surface area contributed by atoms with Crippen LogP contribution in [0, 0.1) is 6.92 Å². The fourth-order valence-electron chi connectivity index (χ4n) is 2.00. The van der Waals surface area contributed by atoms with Crippen LogP contribution in [0.2, 0.25) is 0 Å². The van der Waals surface area contributed by atoms with E-state index in [-0.39, 0.29) is 18.5 Å². The van der Waals surface area contributed by atoms with Gasteiger partial charge >= 0.3 is 12.0 Å². The van der Waals surface area contributed by atoms with Crippen molar-refractivity contribution >= 4 is 12.0 Å². The highest BCUT2D eigenvalue weighted by Gasteiger charge is 2.10. The quantitative estimate of drug-likeness (QED) is 0.671. The van der Waals surface area contributed by atoms with Crippen LogP contribution in [0.4, 0.5) is 4.79 Å². The molecule has 0 aliphatic carbocycles. The van der Waals surface area contributed by atoms with Crippen LogP contribution in [0.15, 0.2) is 24.3 Å². The lowest BCUT2D eigenvalue weighted by atomic mass is 10.0. The third kappa shape index (κ3) is 5.73. The van der Waals surface area contributed by atoms with Gasteiger partial charge in [0.1, 0.15) is 0 Å². The van der Waals surface area contributed by atoms with Crippen molar-refractivity contribution in [2.45, 2.75) is 39.2 Å². The van der Waals surface area contributed by atoms with Crippen LogP contribution in [0.1, 0.15) is 43.4 Å². The van der Waals surface area contributed by atoms with Crippen molar-refractivity contribution in [3.8, 4) is 0 Å². The maximum Gasteiger partial charge on any atom is 0.315 e. The molecule has 0 aliphatic rings. The number of hydrogen-bond acceptors (Lipinski definition) is 2. The van der Waals surface area contributed by atoms with E-state index in [2.05, 4.69) is 10.6 Å². The highest BCUT2D eigenvalue weighted by atomic mass is 16.4. The molecule has 1 aromatic carbocycles. The number of hydrogen-bond donors (Lipinski definition) is 3. The summed E-state index contributed by atoms with van der Waals surface area (Å²) in [6, 6.07) is 7.63. The van der Waals surface area contributed by atoms with Gasteiger partial charge in [0.05, 0.1) is 6.04 Å². The molecule has 5 nitrogen and oxygen atoms in total. The van der Waals surface area contributed by atoms with Gasteiger partial charge in [-0.1, -0.05) is 24.3 Å². The number of benzene rings is 1. The van der Waals surface area contributed by atoms with Crippen molar-refractivity contribution in [3.63, 3.8) is 0 Å². The van der Waals surface area contributed by atoms with Gasteiger partial charge in [0.2, 0.25) is 0 Å². The Labute approximate surface area is 119 Å². The lowest BCUT2D eigenvalue weighted by molar-refractivity contribution is -0.137. The predicted molar refractivity (Wildman–Crippen MR) is 77.6 cm³/mol. The molecule has 1 atom stereocenters. The van der Waals surface area contributed by atoms with Crippen LogP contribution in [-0.2, 0) is 4.79 Å². The molecule has 5 heteroatoms. The molecule has 0 bridgehead atoms. The number of aryl methyl sites for hydroxylation is 1. The summed E-state index contributed by atoms with van der Waals surface area (Å²) < 4.78 is 0. The summed E-state index contributed by atoms with van der Waals surface area (Å²) in [6.45, 7) is 4.43. The number of carbonyl (C=O) groups is 2. The van der Waals surface area contributed by atoms with E-state index < -0.39 is 5.97 Å². The molecule has 3 N–H and O–H groups in total. The number of carboxylic acids is 1. The van der Waals surface area contributed by atoms with E-state index in [1.807, 2.05) is 38.1 Å². The zero-order chi connectivity index (χ0) is 15.0. The number of aliphatic carboxylic acids is 1. The first kappa shape index (κ1) is 16.0. The van der Waals surface area contributed by atoms with Crippen LogP contribution in [-0.4, -0.2) is 23.7 Å². The van der Waals surface area contributed by atoms with Gasteiger partial charge < -0.3 is 15.7 Å². The Balaban J connectivity index is 2.28. The third-order valence-corrected chi connectivity index (χ3v) is 3.11. The molecule has 1 unspecified atom stereocenters. The van der Waals surface area contributed by atoms with Crippen LogP contribution < -0.4 is 10.6 Å². The number of carboxylic acid groups (broad SMARTS) is 1. The van der Waals surface area contributed by atoms with Crippen LogP contribution >= 0.6 is 0 Å². The second kappa shape index (κ2) is 8.19. The van der Waals surface area contributed by atoms with Gasteiger partial charge in [0, 0.05) is 13.0 Å². The zero-order valence-corrected chi connectivity index (χ0v) is 12.0. The van der Waals surface area contributed by atoms with Gasteiger partial charge in [-0.3, -0.25) is 4.79 Å². The topological polar surface area (TPSA) is 78.4 Å². The van der Waals surface area contributed by atoms with Crippen molar-refractivity contribution in [3.05, 3.63) is 35.4 Å². The number of nitrogens with one attached hydrogen (secondary N) is 2. The average molecular weight is 278 g/mol. The SMILES string of the molecule is Cc1ccccc1C(C)NC(=O)NCCCCC(=O)O. The molecule has 0 aromatic heterocycles. The van der Waals surface area contributed by atoms with Crippen molar-refractivity contribution in [1.29, 1.82) is 0 Å². The second-order valence-electron chi connectivity index (χ2n) is 4.83. The zero-order valence-electron chi connectivity index (χ0n) is 12.0. The van der Waals surface area contributed by atoms with Gasteiger partial charge in [-0.25, -0.2) is 4.79 Å². The van der Waals surface area contributed by atoms with Crippen molar-refractivity contribution < 1.29 is 14.7 Å². The summed E-state index contributed by atoms with van der Waals surface area (Å²) in [4.78, 5) is 22.0. The lowest BCUT2D eigenvalue weighted by Crippen LogP contribution is -2.37. The highest BCUT2D eigenvalue weighted by molar-refractivity contribution is 5.74. The highest BCUT2D eigenvalue weighted by Crippen LogP contribution is 2.16. The van der Waals surface area contributed by atoms with Crippen LogP contribution in [0.5, 0.6) is 0 Å². The largest absolute Gasteiger partial charge is 0.481 e. The molecular formula is C15H22N2O3. The molecule has 110 valence electrons. The Hall–Kier alpha value is -2.04. The van der Waals surface area contributed by atoms with Gasteiger partial charge in [-0.15, -0.1) is 0 Å². The molecule has 0 spiro atoms. The van der Waals surface area contributed by atoms with E-state index in [4.69, 9.17) is 5.11 Å². The molecule has 2 amide bonds. The van der Waals surface area contributed by atoms with E-state index in [0.29, 0.717) is 19.4 Å². The summed E-state index contributed by atoms with van der Waals surface area (Å²) in [6.07, 6.45) is 1.38. The fourth-order valence-corrected chi connectivity index (χ4v) is 2.00. The Kier molecular flexibility index (Phi) is 6.56. The lowest BCUT2D eigenvalue weighted by Gasteiger charge is -2.17. The van der Waals surface area contributed by atoms with Crippen molar-refractivity contribution in [1.82, 2.24) is 10.6 Å². The molecule has 0 saturated heterocycles. The molecule has 0 saturated carbocycles. The standard InChI is InChI=1S/C15H22N2O3/c1-11-7-3-4-8-13(11)12(2)17-15(20)16-10-6-5-9-14(18)19/h3-4,7-8,12H,5-6,9-10H2,1-2H3,(H,18,19)(H2,16,17,20). The van der Waals surface area contributed by atoms with Gasteiger partial charge in [0.15, 0.2) is 0 Å². The average Bonchev–Trinajstić information content (AvgIpc) is 2.38. The minimum Gasteiger partial charge on any atom is -0.481 e. The maximum absolute atomic E-state index is 11.7. The number of rotatable bonds is 7. The van der Waals surface area contributed by atoms with Gasteiger partial charge in [0.25, 0.3) is 0 Å².